The van der Waals surface area contributed by atoms with Crippen LogP contribution in [0.3, 0.4) is 0 Å². The number of hydrogen-bond donors (Lipinski definition) is 17. The number of carboxylic acids is 1. The molecule has 562 valence electrons. The van der Waals surface area contributed by atoms with Gasteiger partial charge in [0, 0.05) is 42.5 Å². The van der Waals surface area contributed by atoms with Gasteiger partial charge < -0.3 is 154 Å². The molecule has 4 saturated heterocycles. The van der Waals surface area contributed by atoms with Crippen molar-refractivity contribution in [3.63, 3.8) is 0 Å². The van der Waals surface area contributed by atoms with E-state index in [1.165, 1.54) is 91.0 Å². The van der Waals surface area contributed by atoms with Crippen LogP contribution in [-0.4, -0.2) is 266 Å². The first-order valence-electron chi connectivity index (χ1n) is 31.7. The Morgan fingerprint density at radius 2 is 0.752 bits per heavy atom. The highest BCUT2D eigenvalue weighted by molar-refractivity contribution is 5.91. The first-order chi connectivity index (χ1) is 50.0. The van der Waals surface area contributed by atoms with Crippen LogP contribution in [0.5, 0.6) is 51.7 Å². The highest BCUT2D eigenvalue weighted by Gasteiger charge is 2.50. The monoisotopic (exact) mass is 1470 g/mol. The zero-order valence-electron chi connectivity index (χ0n) is 54.2. The third-order valence-electron chi connectivity index (χ3n) is 16.5. The number of aliphatic hydroxyl groups is 12. The van der Waals surface area contributed by atoms with Crippen LogP contribution < -0.4 is 24.1 Å². The lowest BCUT2D eigenvalue weighted by molar-refractivity contribution is -0.305. The second kappa shape index (κ2) is 34.0. The zero-order chi connectivity index (χ0) is 75.7. The van der Waals surface area contributed by atoms with Crippen LogP contribution in [-0.2, 0) is 61.9 Å². The molecule has 4 aliphatic heterocycles. The lowest BCUT2D eigenvalue weighted by Crippen LogP contribution is -2.60. The number of benzene rings is 5. The highest BCUT2D eigenvalue weighted by atomic mass is 16.7. The van der Waals surface area contributed by atoms with Gasteiger partial charge in [0.1, 0.15) is 158 Å². The topological polar surface area (TPSA) is 574 Å². The molecule has 0 radical (unpaired) electrons. The molecule has 0 bridgehead atoms. The van der Waals surface area contributed by atoms with Crippen molar-refractivity contribution in [1.82, 2.24) is 0 Å². The maximum atomic E-state index is 13.2. The van der Waals surface area contributed by atoms with Crippen LogP contribution in [0.4, 0.5) is 0 Å². The number of phenols is 5. The predicted octanol–water partition coefficient (Wildman–Crippen LogP) is -2.89. The fourth-order valence-electron chi connectivity index (χ4n) is 10.8. The lowest BCUT2D eigenvalue weighted by atomic mass is 9.99. The average molecular weight is 1480 g/mol. The predicted molar refractivity (Wildman–Crippen MR) is 344 cm³/mol. The normalized spacial score (nSPS) is 29.1. The van der Waals surface area contributed by atoms with Crippen LogP contribution in [0.2, 0.25) is 0 Å². The van der Waals surface area contributed by atoms with Crippen LogP contribution in [0.15, 0.2) is 126 Å². The number of aliphatic hydroxyl groups excluding tert-OH is 12. The quantitative estimate of drug-likeness (QED) is 0.00899. The molecule has 17 N–H and O–H groups in total. The van der Waals surface area contributed by atoms with Gasteiger partial charge in [0.25, 0.3) is 0 Å². The van der Waals surface area contributed by atoms with E-state index in [0.29, 0.717) is 16.7 Å². The van der Waals surface area contributed by atoms with Crippen LogP contribution in [0, 0.1) is 0 Å². The molecule has 4 aliphatic rings. The van der Waals surface area contributed by atoms with Crippen LogP contribution in [0.25, 0.3) is 40.5 Å². The van der Waals surface area contributed by atoms with Gasteiger partial charge in [-0.2, -0.15) is 0 Å². The Morgan fingerprint density at radius 1 is 0.400 bits per heavy atom. The van der Waals surface area contributed by atoms with Crippen molar-refractivity contribution >= 4 is 59.0 Å². The molecule has 5 heterocycles. The molecule has 0 aliphatic carbocycles. The Morgan fingerprint density at radius 3 is 1.13 bits per heavy atom. The minimum absolute atomic E-state index is 0.0119. The molecule has 20 atom stereocenters. The second-order valence-corrected chi connectivity index (χ2v) is 24.0. The van der Waals surface area contributed by atoms with Gasteiger partial charge in [-0.3, -0.25) is 4.79 Å². The van der Waals surface area contributed by atoms with E-state index in [0.717, 1.165) is 48.6 Å². The van der Waals surface area contributed by atoms with E-state index in [-0.39, 0.29) is 28.2 Å². The molecule has 10 rings (SSSR count). The summed E-state index contributed by atoms with van der Waals surface area (Å²) >= 11 is 0. The van der Waals surface area contributed by atoms with Gasteiger partial charge in [-0.25, -0.2) is 18.8 Å². The van der Waals surface area contributed by atoms with Gasteiger partial charge in [0.05, 0.1) is 24.0 Å². The Balaban J connectivity index is 0.878. The van der Waals surface area contributed by atoms with Crippen molar-refractivity contribution in [3.05, 3.63) is 138 Å². The third kappa shape index (κ3) is 19.2. The summed E-state index contributed by atoms with van der Waals surface area (Å²) in [6, 6.07) is 21.8. The minimum atomic E-state index is -2.26. The molecule has 6 aromatic rings. The lowest BCUT2D eigenvalue weighted by Gasteiger charge is -2.40. The van der Waals surface area contributed by atoms with Gasteiger partial charge >= 0.3 is 35.2 Å². The van der Waals surface area contributed by atoms with Crippen molar-refractivity contribution in [2.24, 2.45) is 0 Å². The average Bonchev–Trinajstić information content (AvgIpc) is 0.760. The van der Waals surface area contributed by atoms with E-state index in [1.54, 1.807) is 0 Å². The molecule has 0 spiro atoms. The summed E-state index contributed by atoms with van der Waals surface area (Å²) in [6.07, 6.45) is -33.6. The van der Waals surface area contributed by atoms with Crippen molar-refractivity contribution in [3.8, 4) is 63.1 Å². The van der Waals surface area contributed by atoms with Gasteiger partial charge in [0.15, 0.2) is 11.5 Å². The molecule has 105 heavy (non-hydrogen) atoms. The van der Waals surface area contributed by atoms with E-state index in [2.05, 4.69) is 0 Å². The number of phenolic OH excluding ortho intramolecular Hbond substituents is 5. The van der Waals surface area contributed by atoms with Gasteiger partial charge in [-0.05, 0) is 71.3 Å². The molecule has 0 amide bonds. The molecule has 4 fully saturated rings. The van der Waals surface area contributed by atoms with E-state index < -0.39 is 231 Å². The summed E-state index contributed by atoms with van der Waals surface area (Å²) in [6.45, 7) is -3.24. The maximum Gasteiger partial charge on any atom is 0.402 e. The number of aliphatic carboxylic acids is 1. The Bertz CT molecular complexity index is 4130. The van der Waals surface area contributed by atoms with Crippen molar-refractivity contribution in [2.75, 3.05) is 26.4 Å². The van der Waals surface area contributed by atoms with E-state index >= 15 is 0 Å². The van der Waals surface area contributed by atoms with Gasteiger partial charge in [-0.15, -0.1) is 0 Å². The summed E-state index contributed by atoms with van der Waals surface area (Å²) in [5, 5.41) is 196. The summed E-state index contributed by atoms with van der Waals surface area (Å²) in [4.78, 5) is 61.6. The Hall–Kier alpha value is -10.4. The first kappa shape index (κ1) is 77.3. The summed E-state index contributed by atoms with van der Waals surface area (Å²) in [7, 11) is 0. The molecular formula is C69H70O36. The second-order valence-electron chi connectivity index (χ2n) is 24.0. The minimum Gasteiger partial charge on any atom is -0.550 e. The summed E-state index contributed by atoms with van der Waals surface area (Å²) in [5.41, 5.74) is 0.538. The molecule has 5 aromatic carbocycles. The molecular weight excluding hydrogens is 1400 g/mol. The standard InChI is InChI=1S/C69H70O36/c70-33-10-1-29(2-11-33)7-16-48(76)93-25-43-53(81)57(85)61(89)66(102-43)97-36-14-5-31(6-15-36)9-18-50(78)95-27-45-55(83)59(87)63(91)68(104-45)100-41-20-32(19-40(52(41)80)99-67-62(90)58(86)54(82)44(103-67)26-94-49(77)17-8-30-3-12-34(71)13-4-30)65-42(23-37-38(73)21-35(72)22-39(37)98-65)101-69-64(92)60(88)56(84)46(105-69)28-96-51(79)24-47(74)75/h1-23,43-46,53-64,66-69,81-92H,24-28H2,(H5-,70,71,72,73,74,75,76,77,80)/b18-9+/t43-,44-,45-,46-,53-,54-,55-,56-,57+,58+,59+,60+,61-,62-,63-,64-,66-,67-,68-,69-/m1/s1. The highest BCUT2D eigenvalue weighted by Crippen LogP contribution is 2.48. The van der Waals surface area contributed by atoms with E-state index in [9.17, 15) is 116 Å². The first-order valence-corrected chi connectivity index (χ1v) is 31.7. The maximum absolute atomic E-state index is 13.2. The number of aromatic hydroxyl groups is 5. The van der Waals surface area contributed by atoms with Crippen LogP contribution in [0.1, 0.15) is 23.1 Å². The SMILES string of the molecule is O=C([O-])CC(=O)OC[C@H]1O[C@@H](Oc2cc3c(O)cc(O)cc3[o+]c2-c2cc(O[C@@H]3O[C@H](COC(=O)/C=C/c4ccc(O)cc4)[C@@H](O)[C@H](O)[C@H]3O)c(O)c(O[C@@H]3O[C@H](COC(=O)/C=C/c4ccc(O[C@@H]5O[C@H](COC(=O)/C=C/c6ccc(O)cc6)[C@@H](O)[C@H](O)[C@H]5O)cc4)[C@@H](O)[C@H](O)[C@H]3O)c2)[C@H](O)[C@@H](O)[C@@H]1O. The molecule has 36 heteroatoms. The van der Waals surface area contributed by atoms with Crippen LogP contribution >= 0.6 is 0 Å². The summed E-state index contributed by atoms with van der Waals surface area (Å²) in [5.74, 6) is -11.5. The Kier molecular flexibility index (Phi) is 25.0. The number of carbonyl (C=O) groups excluding carboxylic acids is 5. The number of fused-ring (bicyclic) bond motifs is 1. The number of rotatable bonds is 25. The van der Waals surface area contributed by atoms with E-state index in [4.69, 9.17) is 61.3 Å². The molecule has 36 nitrogen and oxygen atoms in total. The van der Waals surface area contributed by atoms with Crippen molar-refractivity contribution in [2.45, 2.75) is 129 Å². The van der Waals surface area contributed by atoms with E-state index in [1.807, 2.05) is 0 Å². The fourth-order valence-corrected chi connectivity index (χ4v) is 10.8. The molecule has 0 saturated carbocycles. The number of hydrogen-bond acceptors (Lipinski definition) is 35. The Labute approximate surface area is 591 Å². The van der Waals surface area contributed by atoms with Gasteiger partial charge in [-0.1, -0.05) is 36.4 Å². The van der Waals surface area contributed by atoms with Gasteiger partial charge in [0.2, 0.25) is 36.7 Å². The fraction of sp³-hybridized carbons (Fsp3) is 0.362. The van der Waals surface area contributed by atoms with Crippen molar-refractivity contribution < 1.29 is 177 Å². The van der Waals surface area contributed by atoms with Crippen molar-refractivity contribution in [1.29, 1.82) is 0 Å². The zero-order valence-corrected chi connectivity index (χ0v) is 54.2. The molecule has 0 unspecified atom stereocenters. The third-order valence-corrected chi connectivity index (χ3v) is 16.5. The number of esters is 4. The summed E-state index contributed by atoms with van der Waals surface area (Å²) < 4.78 is 73.4. The number of carbonyl (C=O) groups is 5. The smallest absolute Gasteiger partial charge is 0.402 e. The molecule has 1 aromatic heterocycles. The number of carboxylic acid groups (broad SMARTS) is 1. The largest absolute Gasteiger partial charge is 0.550 e. The number of ether oxygens (including phenoxy) is 12.